The molecule has 0 aliphatic carbocycles. The molecule has 6 nitrogen and oxygen atoms in total. The van der Waals surface area contributed by atoms with Gasteiger partial charge in [0.15, 0.2) is 5.13 Å². The van der Waals surface area contributed by atoms with Gasteiger partial charge >= 0.3 is 6.09 Å². The van der Waals surface area contributed by atoms with Crippen LogP contribution in [0.4, 0.5) is 14.3 Å². The smallest absolute Gasteiger partial charge is 0.410 e. The van der Waals surface area contributed by atoms with Crippen molar-refractivity contribution < 1.29 is 18.7 Å². The minimum atomic E-state index is -0.587. The molecule has 1 fully saturated rings. The summed E-state index contributed by atoms with van der Waals surface area (Å²) in [7, 11) is 0. The lowest BCUT2D eigenvalue weighted by molar-refractivity contribution is -0.127. The van der Waals surface area contributed by atoms with Gasteiger partial charge in [-0.1, -0.05) is 25.1 Å². The molecule has 162 valence electrons. The lowest BCUT2D eigenvalue weighted by Crippen LogP contribution is -2.48. The normalized spacial score (nSPS) is 16.2. The lowest BCUT2D eigenvalue weighted by Gasteiger charge is -2.38. The fourth-order valence-electron chi connectivity index (χ4n) is 3.26. The first-order valence-electron chi connectivity index (χ1n) is 10.0. The Morgan fingerprint density at radius 2 is 1.93 bits per heavy atom. The molecular formula is C22H28FN3O3S. The van der Waals surface area contributed by atoms with E-state index in [9.17, 15) is 14.0 Å². The van der Waals surface area contributed by atoms with Crippen LogP contribution in [0.25, 0.3) is 0 Å². The average Bonchev–Trinajstić information content (AvgIpc) is 3.09. The van der Waals surface area contributed by atoms with E-state index >= 15 is 0 Å². The molecule has 1 aromatic carbocycles. The zero-order valence-corrected chi connectivity index (χ0v) is 18.6. The van der Waals surface area contributed by atoms with Crippen molar-refractivity contribution in [1.29, 1.82) is 0 Å². The second-order valence-electron chi connectivity index (χ2n) is 8.88. The Balaban J connectivity index is 1.56. The number of carbonyl (C=O) groups is 2. The minimum Gasteiger partial charge on any atom is -0.444 e. The quantitative estimate of drug-likeness (QED) is 0.748. The van der Waals surface area contributed by atoms with Crippen molar-refractivity contribution in [3.8, 4) is 0 Å². The van der Waals surface area contributed by atoms with Gasteiger partial charge in [0.25, 0.3) is 0 Å². The number of rotatable bonds is 4. The SMILES string of the molecule is CC(C)(C)OC(=O)N1CCC(C)(C(=O)Nc2ncc(Cc3ccccc3F)s2)CC1. The van der Waals surface area contributed by atoms with Gasteiger partial charge in [0.2, 0.25) is 5.91 Å². The van der Waals surface area contributed by atoms with Gasteiger partial charge in [-0.2, -0.15) is 0 Å². The van der Waals surface area contributed by atoms with Gasteiger partial charge in [-0.25, -0.2) is 14.2 Å². The van der Waals surface area contributed by atoms with Crippen molar-refractivity contribution in [3.63, 3.8) is 0 Å². The number of anilines is 1. The number of halogens is 1. The number of hydrogen-bond donors (Lipinski definition) is 1. The number of likely N-dealkylation sites (tertiary alicyclic amines) is 1. The highest BCUT2D eigenvalue weighted by molar-refractivity contribution is 7.15. The van der Waals surface area contributed by atoms with Gasteiger partial charge in [-0.15, -0.1) is 11.3 Å². The second-order valence-corrected chi connectivity index (χ2v) is 10.00. The maximum Gasteiger partial charge on any atom is 0.410 e. The molecule has 30 heavy (non-hydrogen) atoms. The summed E-state index contributed by atoms with van der Waals surface area (Å²) < 4.78 is 19.3. The van der Waals surface area contributed by atoms with Gasteiger partial charge in [-0.05, 0) is 45.2 Å². The molecule has 1 aromatic heterocycles. The van der Waals surface area contributed by atoms with Gasteiger partial charge < -0.3 is 15.0 Å². The van der Waals surface area contributed by atoms with Crippen LogP contribution in [0.1, 0.15) is 51.0 Å². The van der Waals surface area contributed by atoms with Crippen molar-refractivity contribution in [2.24, 2.45) is 5.41 Å². The van der Waals surface area contributed by atoms with Gasteiger partial charge in [0, 0.05) is 30.6 Å². The van der Waals surface area contributed by atoms with E-state index in [1.807, 2.05) is 27.7 Å². The first-order chi connectivity index (χ1) is 14.1. The molecule has 2 heterocycles. The molecule has 1 saturated heterocycles. The van der Waals surface area contributed by atoms with E-state index in [2.05, 4.69) is 10.3 Å². The fraction of sp³-hybridized carbons (Fsp3) is 0.500. The number of piperidine rings is 1. The third-order valence-electron chi connectivity index (χ3n) is 5.16. The molecule has 0 bridgehead atoms. The van der Waals surface area contributed by atoms with E-state index in [0.29, 0.717) is 43.0 Å². The van der Waals surface area contributed by atoms with Crippen LogP contribution in [0.5, 0.6) is 0 Å². The Morgan fingerprint density at radius 3 is 2.57 bits per heavy atom. The van der Waals surface area contributed by atoms with E-state index in [4.69, 9.17) is 4.74 Å². The van der Waals surface area contributed by atoms with Gasteiger partial charge in [0.1, 0.15) is 11.4 Å². The highest BCUT2D eigenvalue weighted by Crippen LogP contribution is 2.33. The largest absolute Gasteiger partial charge is 0.444 e. The molecule has 2 amide bonds. The van der Waals surface area contributed by atoms with Crippen LogP contribution in [0.3, 0.4) is 0 Å². The standard InChI is InChI=1S/C22H28FN3O3S/c1-21(2,3)29-20(28)26-11-9-22(4,10-12-26)18(27)25-19-24-14-16(30-19)13-15-7-5-6-8-17(15)23/h5-8,14H,9-13H2,1-4H3,(H,24,25,27). The number of thiazole rings is 1. The Labute approximate surface area is 180 Å². The summed E-state index contributed by atoms with van der Waals surface area (Å²) in [6, 6.07) is 6.63. The lowest BCUT2D eigenvalue weighted by atomic mass is 9.79. The van der Waals surface area contributed by atoms with Gasteiger partial charge in [0.05, 0.1) is 5.41 Å². The van der Waals surface area contributed by atoms with E-state index < -0.39 is 11.0 Å². The molecule has 2 aromatic rings. The van der Waals surface area contributed by atoms with Crippen molar-refractivity contribution >= 4 is 28.5 Å². The molecule has 3 rings (SSSR count). The molecule has 0 unspecified atom stereocenters. The third-order valence-corrected chi connectivity index (χ3v) is 6.08. The number of nitrogens with one attached hydrogen (secondary N) is 1. The summed E-state index contributed by atoms with van der Waals surface area (Å²) in [5.74, 6) is -0.362. The third kappa shape index (κ3) is 5.56. The number of benzene rings is 1. The van der Waals surface area contributed by atoms with Crippen molar-refractivity contribution in [3.05, 3.63) is 46.7 Å². The highest BCUT2D eigenvalue weighted by atomic mass is 32.1. The molecule has 1 aliphatic heterocycles. The van der Waals surface area contributed by atoms with Crippen molar-refractivity contribution in [2.75, 3.05) is 18.4 Å². The minimum absolute atomic E-state index is 0.113. The maximum atomic E-state index is 13.8. The molecule has 1 aliphatic rings. The number of carbonyl (C=O) groups excluding carboxylic acids is 2. The van der Waals surface area contributed by atoms with Crippen LogP contribution in [0.2, 0.25) is 0 Å². The van der Waals surface area contributed by atoms with E-state index in [1.165, 1.54) is 17.4 Å². The predicted octanol–water partition coefficient (Wildman–Crippen LogP) is 4.85. The molecule has 0 saturated carbocycles. The van der Waals surface area contributed by atoms with Crippen molar-refractivity contribution in [1.82, 2.24) is 9.88 Å². The fourth-order valence-corrected chi connectivity index (χ4v) is 4.09. The molecule has 0 spiro atoms. The Bertz CT molecular complexity index is 914. The highest BCUT2D eigenvalue weighted by Gasteiger charge is 2.39. The molecular weight excluding hydrogens is 405 g/mol. The second kappa shape index (κ2) is 8.71. The zero-order valence-electron chi connectivity index (χ0n) is 17.8. The number of aromatic nitrogens is 1. The first kappa shape index (κ1) is 22.2. The zero-order chi connectivity index (χ0) is 21.9. The molecule has 1 N–H and O–H groups in total. The maximum absolute atomic E-state index is 13.8. The van der Waals surface area contributed by atoms with Crippen LogP contribution >= 0.6 is 11.3 Å². The van der Waals surface area contributed by atoms with Gasteiger partial charge in [-0.3, -0.25) is 4.79 Å². The number of amides is 2. The van der Waals surface area contributed by atoms with E-state index in [-0.39, 0.29) is 17.8 Å². The average molecular weight is 434 g/mol. The van der Waals surface area contributed by atoms with Crippen LogP contribution in [-0.2, 0) is 16.0 Å². The summed E-state index contributed by atoms with van der Waals surface area (Å²) in [6.45, 7) is 8.34. The molecule has 8 heteroatoms. The van der Waals surface area contributed by atoms with Crippen molar-refractivity contribution in [2.45, 2.75) is 52.6 Å². The number of hydrogen-bond acceptors (Lipinski definition) is 5. The Hall–Kier alpha value is -2.48. The van der Waals surface area contributed by atoms with Crippen LogP contribution in [0, 0.1) is 11.2 Å². The number of nitrogens with zero attached hydrogens (tertiary/aromatic N) is 2. The molecule has 0 radical (unpaired) electrons. The van der Waals surface area contributed by atoms with Crippen LogP contribution in [0.15, 0.2) is 30.5 Å². The summed E-state index contributed by atoms with van der Waals surface area (Å²) in [6.07, 6.45) is 2.85. The van der Waals surface area contributed by atoms with Crippen LogP contribution < -0.4 is 5.32 Å². The Morgan fingerprint density at radius 1 is 1.27 bits per heavy atom. The topological polar surface area (TPSA) is 71.5 Å². The summed E-state index contributed by atoms with van der Waals surface area (Å²) in [5, 5.41) is 3.40. The summed E-state index contributed by atoms with van der Waals surface area (Å²) in [5.41, 5.74) is -0.531. The van der Waals surface area contributed by atoms with E-state index in [0.717, 1.165) is 4.88 Å². The first-order valence-corrected chi connectivity index (χ1v) is 10.8. The summed E-state index contributed by atoms with van der Waals surface area (Å²) >= 11 is 1.34. The summed E-state index contributed by atoms with van der Waals surface area (Å²) in [4.78, 5) is 31.9. The molecule has 0 atom stereocenters. The Kier molecular flexibility index (Phi) is 6.45. The number of ether oxygens (including phenoxy) is 1. The van der Waals surface area contributed by atoms with E-state index in [1.54, 1.807) is 29.3 Å². The predicted molar refractivity (Wildman–Crippen MR) is 115 cm³/mol. The van der Waals surface area contributed by atoms with Crippen LogP contribution in [-0.4, -0.2) is 40.6 Å². The monoisotopic (exact) mass is 433 g/mol.